The van der Waals surface area contributed by atoms with Crippen LogP contribution in [-0.2, 0) is 9.53 Å². The fourth-order valence-corrected chi connectivity index (χ4v) is 0.680. The maximum atomic E-state index is 11.4. The van der Waals surface area contributed by atoms with Gasteiger partial charge in [-0.15, -0.1) is 0 Å². The van der Waals surface area contributed by atoms with E-state index in [4.69, 9.17) is 10.00 Å². The molecule has 2 N–H and O–H groups in total. The molecule has 6 heteroatoms. The highest BCUT2D eigenvalue weighted by atomic mass is 16.6. The van der Waals surface area contributed by atoms with E-state index < -0.39 is 17.6 Å². The maximum Gasteiger partial charge on any atom is 0.350 e. The molecule has 0 aliphatic carbocycles. The van der Waals surface area contributed by atoms with E-state index in [2.05, 4.69) is 10.6 Å². The van der Waals surface area contributed by atoms with Gasteiger partial charge in [0.2, 0.25) is 0 Å². The van der Waals surface area contributed by atoms with Gasteiger partial charge in [-0.1, -0.05) is 0 Å². The van der Waals surface area contributed by atoms with Gasteiger partial charge in [0.15, 0.2) is 5.57 Å². The van der Waals surface area contributed by atoms with E-state index in [9.17, 15) is 9.59 Å². The molecule has 0 aromatic carbocycles. The first-order chi connectivity index (χ1) is 7.30. The summed E-state index contributed by atoms with van der Waals surface area (Å²) in [5.41, 5.74) is -0.946. The lowest BCUT2D eigenvalue weighted by atomic mass is 10.2. The summed E-state index contributed by atoms with van der Waals surface area (Å²) in [4.78, 5) is 22.2. The molecule has 0 unspecified atom stereocenters. The van der Waals surface area contributed by atoms with Crippen LogP contribution < -0.4 is 10.6 Å². The van der Waals surface area contributed by atoms with Crippen molar-refractivity contribution in [1.29, 1.82) is 5.26 Å². The Hall–Kier alpha value is -2.03. The van der Waals surface area contributed by atoms with Crippen molar-refractivity contribution < 1.29 is 14.3 Å². The molecule has 16 heavy (non-hydrogen) atoms. The topological polar surface area (TPSA) is 91.2 Å². The number of nitrogens with zero attached hydrogens (tertiary/aromatic N) is 1. The van der Waals surface area contributed by atoms with Crippen molar-refractivity contribution in [3.8, 4) is 6.07 Å². The number of carbonyl (C=O) groups is 2. The standard InChI is InChI=1S/C10H15N3O3/c1-10(2,3)16-8(14)7(5-11)6-13-9(15)12-4/h6H,1-4H3,(H2,12,13,15)/b7-6-. The zero-order valence-corrected chi connectivity index (χ0v) is 9.75. The fourth-order valence-electron chi connectivity index (χ4n) is 0.680. The van der Waals surface area contributed by atoms with Crippen molar-refractivity contribution >= 4 is 12.0 Å². The maximum absolute atomic E-state index is 11.4. The molecule has 0 aliphatic rings. The Balaban J connectivity index is 4.57. The van der Waals surface area contributed by atoms with Gasteiger partial charge in [-0.3, -0.25) is 0 Å². The molecular weight excluding hydrogens is 210 g/mol. The first kappa shape index (κ1) is 14.0. The summed E-state index contributed by atoms with van der Waals surface area (Å²) in [5.74, 6) is -0.772. The number of esters is 1. The monoisotopic (exact) mass is 225 g/mol. The van der Waals surface area contributed by atoms with Gasteiger partial charge in [0.1, 0.15) is 11.7 Å². The summed E-state index contributed by atoms with van der Waals surface area (Å²) >= 11 is 0. The third kappa shape index (κ3) is 5.65. The number of ether oxygens (including phenoxy) is 1. The molecule has 6 nitrogen and oxygen atoms in total. The van der Waals surface area contributed by atoms with Gasteiger partial charge in [-0.05, 0) is 20.8 Å². The predicted octanol–water partition coefficient (Wildman–Crippen LogP) is 0.665. The number of carbonyl (C=O) groups excluding carboxylic acids is 2. The van der Waals surface area contributed by atoms with Crippen molar-refractivity contribution in [1.82, 2.24) is 10.6 Å². The lowest BCUT2D eigenvalue weighted by Gasteiger charge is -2.18. The number of rotatable bonds is 2. The fraction of sp³-hybridized carbons (Fsp3) is 0.500. The predicted molar refractivity (Wildman–Crippen MR) is 57.1 cm³/mol. The quantitative estimate of drug-likeness (QED) is 0.410. The average Bonchev–Trinajstić information content (AvgIpc) is 2.15. The summed E-state index contributed by atoms with van der Waals surface area (Å²) in [5, 5.41) is 13.2. The van der Waals surface area contributed by atoms with E-state index in [0.29, 0.717) is 0 Å². The van der Waals surface area contributed by atoms with Crippen LogP contribution in [0.2, 0.25) is 0 Å². The Labute approximate surface area is 94.3 Å². The van der Waals surface area contributed by atoms with Crippen molar-refractivity contribution in [2.24, 2.45) is 0 Å². The number of urea groups is 1. The molecule has 0 bridgehead atoms. The summed E-state index contributed by atoms with van der Waals surface area (Å²) < 4.78 is 4.96. The van der Waals surface area contributed by atoms with Gasteiger partial charge in [0.25, 0.3) is 0 Å². The van der Waals surface area contributed by atoms with Crippen LogP contribution in [0.4, 0.5) is 4.79 Å². The van der Waals surface area contributed by atoms with Crippen molar-refractivity contribution in [2.45, 2.75) is 26.4 Å². The Morgan fingerprint density at radius 1 is 1.38 bits per heavy atom. The highest BCUT2D eigenvalue weighted by Crippen LogP contribution is 2.09. The van der Waals surface area contributed by atoms with Crippen LogP contribution in [-0.4, -0.2) is 24.6 Å². The largest absolute Gasteiger partial charge is 0.456 e. The number of nitrogens with one attached hydrogen (secondary N) is 2. The second-order valence-electron chi connectivity index (χ2n) is 3.90. The molecule has 0 fully saturated rings. The molecule has 0 aromatic rings. The molecule has 0 rings (SSSR count). The Bertz CT molecular complexity index is 347. The second-order valence-corrected chi connectivity index (χ2v) is 3.90. The molecule has 0 spiro atoms. The summed E-state index contributed by atoms with van der Waals surface area (Å²) in [6.07, 6.45) is 1.01. The minimum absolute atomic E-state index is 0.265. The second kappa shape index (κ2) is 5.75. The van der Waals surface area contributed by atoms with Gasteiger partial charge in [-0.2, -0.15) is 5.26 Å². The first-order valence-corrected chi connectivity index (χ1v) is 4.62. The molecular formula is C10H15N3O3. The van der Waals surface area contributed by atoms with E-state index in [-0.39, 0.29) is 5.57 Å². The van der Waals surface area contributed by atoms with Gasteiger partial charge in [-0.25, -0.2) is 9.59 Å². The Kier molecular flexibility index (Phi) is 5.02. The molecule has 0 aromatic heterocycles. The Morgan fingerprint density at radius 2 is 1.94 bits per heavy atom. The van der Waals surface area contributed by atoms with E-state index in [0.717, 1.165) is 6.20 Å². The van der Waals surface area contributed by atoms with Crippen LogP contribution in [0.3, 0.4) is 0 Å². The lowest BCUT2D eigenvalue weighted by Crippen LogP contribution is -2.30. The van der Waals surface area contributed by atoms with Crippen LogP contribution in [0.5, 0.6) is 0 Å². The minimum Gasteiger partial charge on any atom is -0.456 e. The molecule has 0 aliphatic heterocycles. The molecule has 88 valence electrons. The van der Waals surface area contributed by atoms with E-state index in [1.165, 1.54) is 7.05 Å². The summed E-state index contributed by atoms with van der Waals surface area (Å²) in [6.45, 7) is 5.06. The van der Waals surface area contributed by atoms with Gasteiger partial charge < -0.3 is 15.4 Å². The first-order valence-electron chi connectivity index (χ1n) is 4.62. The summed E-state index contributed by atoms with van der Waals surface area (Å²) in [7, 11) is 1.42. The van der Waals surface area contributed by atoms with Crippen molar-refractivity contribution in [2.75, 3.05) is 7.05 Å². The normalized spacial score (nSPS) is 11.3. The number of amides is 2. The van der Waals surface area contributed by atoms with Crippen LogP contribution in [0.15, 0.2) is 11.8 Å². The highest BCUT2D eigenvalue weighted by molar-refractivity contribution is 5.93. The smallest absolute Gasteiger partial charge is 0.350 e. The molecule has 2 amide bonds. The highest BCUT2D eigenvalue weighted by Gasteiger charge is 2.19. The van der Waals surface area contributed by atoms with Gasteiger partial charge >= 0.3 is 12.0 Å². The molecule has 0 saturated heterocycles. The van der Waals surface area contributed by atoms with E-state index in [1.54, 1.807) is 26.8 Å². The van der Waals surface area contributed by atoms with Gasteiger partial charge in [0.05, 0.1) is 0 Å². The minimum atomic E-state index is -0.772. The van der Waals surface area contributed by atoms with Crippen molar-refractivity contribution in [3.05, 3.63) is 11.8 Å². The van der Waals surface area contributed by atoms with Crippen LogP contribution in [0, 0.1) is 11.3 Å². The SMILES string of the molecule is CNC(=O)N/C=C(/C#N)C(=O)OC(C)(C)C. The number of hydrogen-bond acceptors (Lipinski definition) is 4. The number of nitriles is 1. The van der Waals surface area contributed by atoms with Gasteiger partial charge in [0, 0.05) is 13.2 Å². The molecule has 0 radical (unpaired) electrons. The van der Waals surface area contributed by atoms with E-state index in [1.807, 2.05) is 0 Å². The molecule has 0 saturated carbocycles. The third-order valence-electron chi connectivity index (χ3n) is 1.31. The number of hydrogen-bond donors (Lipinski definition) is 2. The zero-order valence-electron chi connectivity index (χ0n) is 9.75. The molecule has 0 atom stereocenters. The van der Waals surface area contributed by atoms with E-state index >= 15 is 0 Å². The van der Waals surface area contributed by atoms with Crippen LogP contribution in [0.25, 0.3) is 0 Å². The van der Waals surface area contributed by atoms with Crippen LogP contribution >= 0.6 is 0 Å². The average molecular weight is 225 g/mol. The summed E-state index contributed by atoms with van der Waals surface area (Å²) in [6, 6.07) is 1.13. The zero-order chi connectivity index (χ0) is 12.8. The molecule has 0 heterocycles. The van der Waals surface area contributed by atoms with Crippen LogP contribution in [0.1, 0.15) is 20.8 Å². The third-order valence-corrected chi connectivity index (χ3v) is 1.31. The lowest BCUT2D eigenvalue weighted by molar-refractivity contribution is -0.149. The Morgan fingerprint density at radius 3 is 2.31 bits per heavy atom. The van der Waals surface area contributed by atoms with Crippen molar-refractivity contribution in [3.63, 3.8) is 0 Å².